The molecule has 4 heteroatoms. The topological polar surface area (TPSA) is 33.6 Å². The van der Waals surface area contributed by atoms with Crippen molar-refractivity contribution >= 4 is 34.2 Å². The molecule has 0 saturated carbocycles. The van der Waals surface area contributed by atoms with Crippen LogP contribution in [0.15, 0.2) is 30.5 Å². The predicted octanol–water partition coefficient (Wildman–Crippen LogP) is 3.66. The largest absolute Gasteiger partial charge is 0.329 e. The summed E-state index contributed by atoms with van der Waals surface area (Å²) in [5.41, 5.74) is 3.20. The highest BCUT2D eigenvalue weighted by Crippen LogP contribution is 2.23. The van der Waals surface area contributed by atoms with Crippen molar-refractivity contribution in [1.82, 2.24) is 14.5 Å². The zero-order valence-corrected chi connectivity index (χ0v) is 10.4. The summed E-state index contributed by atoms with van der Waals surface area (Å²) < 4.78 is 2.94. The molecule has 0 aliphatic rings. The Morgan fingerprint density at radius 1 is 1.35 bits per heavy atom. The molecule has 0 radical (unpaired) electrons. The van der Waals surface area contributed by atoms with Gasteiger partial charge in [0, 0.05) is 11.9 Å². The molecule has 17 heavy (non-hydrogen) atoms. The van der Waals surface area contributed by atoms with Crippen LogP contribution < -0.4 is 0 Å². The van der Waals surface area contributed by atoms with Crippen molar-refractivity contribution in [3.05, 3.63) is 35.2 Å². The van der Waals surface area contributed by atoms with Crippen LogP contribution in [0.5, 0.6) is 0 Å². The van der Waals surface area contributed by atoms with Gasteiger partial charge < -0.3 is 9.55 Å². The van der Waals surface area contributed by atoms with E-state index in [1.165, 1.54) is 5.52 Å². The Kier molecular flexibility index (Phi) is 2.44. The van der Waals surface area contributed by atoms with E-state index in [2.05, 4.69) is 27.5 Å². The third-order valence-electron chi connectivity index (χ3n) is 2.95. The molecule has 0 aliphatic carbocycles. The van der Waals surface area contributed by atoms with Crippen LogP contribution in [0.2, 0.25) is 0 Å². The van der Waals surface area contributed by atoms with E-state index in [-0.39, 0.29) is 0 Å². The molecule has 3 rings (SSSR count). The maximum absolute atomic E-state index is 5.36. The first-order valence-electron chi connectivity index (χ1n) is 5.77. The van der Waals surface area contributed by atoms with E-state index in [0.29, 0.717) is 0 Å². The summed E-state index contributed by atoms with van der Waals surface area (Å²) in [6.45, 7) is 3.09. The normalized spacial score (nSPS) is 11.4. The van der Waals surface area contributed by atoms with Crippen molar-refractivity contribution < 1.29 is 0 Å². The lowest BCUT2D eigenvalue weighted by atomic mass is 10.2. The molecule has 0 fully saturated rings. The molecule has 3 nitrogen and oxygen atoms in total. The number of aryl methyl sites for hydroxylation is 1. The number of hydrogen-bond acceptors (Lipinski definition) is 2. The maximum atomic E-state index is 5.36. The Hall–Kier alpha value is -1.68. The summed E-state index contributed by atoms with van der Waals surface area (Å²) in [6.07, 6.45) is 2.93. The second kappa shape index (κ2) is 3.96. The zero-order chi connectivity index (χ0) is 11.8. The van der Waals surface area contributed by atoms with Crippen molar-refractivity contribution in [2.75, 3.05) is 0 Å². The number of benzene rings is 1. The molecule has 1 N–H and O–H groups in total. The molecule has 0 bridgehead atoms. The van der Waals surface area contributed by atoms with Crippen molar-refractivity contribution in [1.29, 1.82) is 0 Å². The average molecular weight is 243 g/mol. The van der Waals surface area contributed by atoms with Crippen LogP contribution in [0.3, 0.4) is 0 Å². The van der Waals surface area contributed by atoms with E-state index in [4.69, 9.17) is 12.2 Å². The highest BCUT2D eigenvalue weighted by Gasteiger charge is 2.08. The fraction of sp³-hybridized carbons (Fsp3) is 0.231. The van der Waals surface area contributed by atoms with Gasteiger partial charge in [-0.3, -0.25) is 4.98 Å². The Morgan fingerprint density at radius 3 is 3.00 bits per heavy atom. The van der Waals surface area contributed by atoms with Crippen molar-refractivity contribution in [3.8, 4) is 0 Å². The minimum absolute atomic E-state index is 0.778. The summed E-state index contributed by atoms with van der Waals surface area (Å²) in [5.74, 6) is 0. The van der Waals surface area contributed by atoms with Gasteiger partial charge in [0.15, 0.2) is 4.77 Å². The lowest BCUT2D eigenvalue weighted by Gasteiger charge is -2.04. The number of imidazole rings is 1. The number of rotatable bonds is 2. The lowest BCUT2D eigenvalue weighted by molar-refractivity contribution is 0.690. The number of para-hydroxylation sites is 1. The number of hydrogen-bond donors (Lipinski definition) is 1. The first-order valence-corrected chi connectivity index (χ1v) is 6.18. The van der Waals surface area contributed by atoms with Gasteiger partial charge in [0.2, 0.25) is 0 Å². The Bertz CT molecular complexity index is 739. The van der Waals surface area contributed by atoms with Crippen molar-refractivity contribution in [2.45, 2.75) is 19.9 Å². The molecular formula is C13H13N3S. The maximum Gasteiger partial charge on any atom is 0.178 e. The number of nitrogens with zero attached hydrogens (tertiary/aromatic N) is 2. The van der Waals surface area contributed by atoms with Crippen LogP contribution in [0, 0.1) is 4.77 Å². The molecule has 3 aromatic rings. The number of aromatic amines is 1. The van der Waals surface area contributed by atoms with E-state index in [1.807, 2.05) is 24.4 Å². The van der Waals surface area contributed by atoms with Gasteiger partial charge in [-0.2, -0.15) is 0 Å². The smallest absolute Gasteiger partial charge is 0.178 e. The molecule has 86 valence electrons. The number of aromatic nitrogens is 3. The minimum atomic E-state index is 0.778. The average Bonchev–Trinajstić information content (AvgIpc) is 2.67. The molecule has 0 aliphatic heterocycles. The van der Waals surface area contributed by atoms with E-state index in [0.717, 1.165) is 34.2 Å². The second-order valence-electron chi connectivity index (χ2n) is 4.12. The van der Waals surface area contributed by atoms with E-state index in [1.54, 1.807) is 0 Å². The Labute approximate surface area is 104 Å². The van der Waals surface area contributed by atoms with Crippen LogP contribution in [-0.2, 0) is 6.54 Å². The molecule has 0 spiro atoms. The molecule has 0 atom stereocenters. The van der Waals surface area contributed by atoms with Gasteiger partial charge in [-0.25, -0.2) is 0 Å². The molecule has 0 unspecified atom stereocenters. The van der Waals surface area contributed by atoms with Crippen LogP contribution in [0.25, 0.3) is 21.9 Å². The van der Waals surface area contributed by atoms with Crippen molar-refractivity contribution in [3.63, 3.8) is 0 Å². The first kappa shape index (κ1) is 10.5. The number of pyridine rings is 1. The molecule has 2 aromatic heterocycles. The van der Waals surface area contributed by atoms with Gasteiger partial charge in [0.1, 0.15) is 0 Å². The number of H-pyrrole nitrogens is 1. The number of fused-ring (bicyclic) bond motifs is 3. The van der Waals surface area contributed by atoms with Crippen LogP contribution in [0.1, 0.15) is 13.3 Å². The van der Waals surface area contributed by atoms with Gasteiger partial charge in [-0.15, -0.1) is 0 Å². The molecule has 2 heterocycles. The third kappa shape index (κ3) is 1.56. The van der Waals surface area contributed by atoms with E-state index < -0.39 is 0 Å². The molecule has 0 amide bonds. The van der Waals surface area contributed by atoms with Gasteiger partial charge in [0.25, 0.3) is 0 Å². The van der Waals surface area contributed by atoms with Gasteiger partial charge in [-0.1, -0.05) is 25.1 Å². The summed E-state index contributed by atoms with van der Waals surface area (Å²) >= 11 is 5.36. The summed E-state index contributed by atoms with van der Waals surface area (Å²) in [5, 5.41) is 1.16. The third-order valence-corrected chi connectivity index (χ3v) is 3.27. The van der Waals surface area contributed by atoms with Gasteiger partial charge in [0.05, 0.1) is 22.7 Å². The first-order chi connectivity index (χ1) is 8.31. The standard InChI is InChI=1S/C13H13N3S/c1-2-7-16-12-9-5-3-4-6-10(9)14-8-11(12)15-13(16)17/h3-6,8H,2,7H2,1H3,(H,15,17). The zero-order valence-electron chi connectivity index (χ0n) is 9.60. The Balaban J connectivity index is 2.50. The van der Waals surface area contributed by atoms with Gasteiger partial charge >= 0.3 is 0 Å². The molecule has 1 aromatic carbocycles. The highest BCUT2D eigenvalue weighted by molar-refractivity contribution is 7.71. The monoisotopic (exact) mass is 243 g/mol. The van der Waals surface area contributed by atoms with Gasteiger partial charge in [-0.05, 0) is 24.7 Å². The van der Waals surface area contributed by atoms with Crippen LogP contribution in [0.4, 0.5) is 0 Å². The minimum Gasteiger partial charge on any atom is -0.329 e. The lowest BCUT2D eigenvalue weighted by Crippen LogP contribution is -1.96. The summed E-state index contributed by atoms with van der Waals surface area (Å²) in [4.78, 5) is 7.65. The summed E-state index contributed by atoms with van der Waals surface area (Å²) in [7, 11) is 0. The quantitative estimate of drug-likeness (QED) is 0.697. The van der Waals surface area contributed by atoms with Crippen LogP contribution >= 0.6 is 12.2 Å². The second-order valence-corrected chi connectivity index (χ2v) is 4.51. The van der Waals surface area contributed by atoms with E-state index in [9.17, 15) is 0 Å². The Morgan fingerprint density at radius 2 is 2.18 bits per heavy atom. The highest BCUT2D eigenvalue weighted by atomic mass is 32.1. The molecular weight excluding hydrogens is 230 g/mol. The fourth-order valence-corrected chi connectivity index (χ4v) is 2.52. The van der Waals surface area contributed by atoms with E-state index >= 15 is 0 Å². The van der Waals surface area contributed by atoms with Crippen molar-refractivity contribution in [2.24, 2.45) is 0 Å². The molecule has 0 saturated heterocycles. The SMILES string of the molecule is CCCn1c(=S)[nH]c2cnc3ccccc3c21. The van der Waals surface area contributed by atoms with Crippen LogP contribution in [-0.4, -0.2) is 14.5 Å². The predicted molar refractivity (Wildman–Crippen MR) is 72.7 cm³/mol. The fourth-order valence-electron chi connectivity index (χ4n) is 2.23. The summed E-state index contributed by atoms with van der Waals surface area (Å²) in [6, 6.07) is 8.17. The number of nitrogens with one attached hydrogen (secondary N) is 1.